The minimum Gasteiger partial charge on any atom is -0.333 e. The number of aryl methyl sites for hydroxylation is 1. The summed E-state index contributed by atoms with van der Waals surface area (Å²) in [5.41, 5.74) is 3.11. The third-order valence-corrected chi connectivity index (χ3v) is 4.50. The topological polar surface area (TPSA) is 33.2 Å². The zero-order valence-corrected chi connectivity index (χ0v) is 13.5. The summed E-state index contributed by atoms with van der Waals surface area (Å²) in [4.78, 5) is 18.7. The van der Waals surface area contributed by atoms with Gasteiger partial charge < -0.3 is 4.90 Å². The average Bonchev–Trinajstić information content (AvgIpc) is 2.53. The van der Waals surface area contributed by atoms with Crippen molar-refractivity contribution in [2.45, 2.75) is 25.3 Å². The largest absolute Gasteiger partial charge is 0.333 e. The van der Waals surface area contributed by atoms with Crippen molar-refractivity contribution in [1.29, 1.82) is 0 Å². The highest BCUT2D eigenvalue weighted by atomic mass is 79.9. The van der Waals surface area contributed by atoms with Crippen molar-refractivity contribution in [3.8, 4) is 0 Å². The molecular weight excluding hydrogens is 328 g/mol. The van der Waals surface area contributed by atoms with Gasteiger partial charge in [-0.25, -0.2) is 4.98 Å². The van der Waals surface area contributed by atoms with E-state index in [0.717, 1.165) is 19.3 Å². The Labute approximate surface area is 133 Å². The third-order valence-electron chi connectivity index (χ3n) is 4.06. The number of fused-ring (bicyclic) bond motifs is 1. The number of hydrogen-bond acceptors (Lipinski definition) is 2. The summed E-state index contributed by atoms with van der Waals surface area (Å²) in [6.45, 7) is 0. The summed E-state index contributed by atoms with van der Waals surface area (Å²) >= 11 is 3.32. The van der Waals surface area contributed by atoms with E-state index >= 15 is 0 Å². The number of nitrogens with zero attached hydrogens (tertiary/aromatic N) is 2. The number of benzene rings is 1. The molecule has 2 aromatic rings. The smallest absolute Gasteiger partial charge is 0.272 e. The molecule has 1 aromatic carbocycles. The Hall–Kier alpha value is -1.68. The molecular formula is C17H17BrN2O. The van der Waals surface area contributed by atoms with E-state index in [1.165, 1.54) is 11.1 Å². The highest BCUT2D eigenvalue weighted by molar-refractivity contribution is 9.10. The molecule has 0 saturated carbocycles. The standard InChI is InChI=1S/C17H17BrN2O/c1-20(17(21)14-9-5-11-16(18)19-14)15-10-4-7-12-6-2-3-8-13(12)15/h2-3,5-6,8-9,11,15H,4,7,10H2,1H3. The lowest BCUT2D eigenvalue weighted by atomic mass is 9.87. The van der Waals surface area contributed by atoms with Crippen molar-refractivity contribution in [2.75, 3.05) is 7.05 Å². The molecule has 0 spiro atoms. The molecule has 3 rings (SSSR count). The van der Waals surface area contributed by atoms with E-state index < -0.39 is 0 Å². The van der Waals surface area contributed by atoms with Gasteiger partial charge in [-0.05, 0) is 58.5 Å². The lowest BCUT2D eigenvalue weighted by Gasteiger charge is -2.33. The van der Waals surface area contributed by atoms with Gasteiger partial charge in [0, 0.05) is 7.05 Å². The Kier molecular flexibility index (Phi) is 4.06. The average molecular weight is 345 g/mol. The molecule has 1 unspecified atom stereocenters. The van der Waals surface area contributed by atoms with Crippen LogP contribution in [-0.2, 0) is 6.42 Å². The number of rotatable bonds is 2. The highest BCUT2D eigenvalue weighted by Crippen LogP contribution is 2.34. The van der Waals surface area contributed by atoms with Gasteiger partial charge in [-0.15, -0.1) is 0 Å². The van der Waals surface area contributed by atoms with E-state index in [2.05, 4.69) is 39.1 Å². The molecule has 0 radical (unpaired) electrons. The molecule has 0 aliphatic heterocycles. The zero-order valence-electron chi connectivity index (χ0n) is 11.9. The van der Waals surface area contributed by atoms with E-state index in [1.807, 2.05) is 30.1 Å². The number of pyridine rings is 1. The Balaban J connectivity index is 1.89. The van der Waals surface area contributed by atoms with E-state index in [1.54, 1.807) is 6.07 Å². The third kappa shape index (κ3) is 2.86. The van der Waals surface area contributed by atoms with Gasteiger partial charge in [-0.2, -0.15) is 0 Å². The second-order valence-corrected chi connectivity index (χ2v) is 6.18. The van der Waals surface area contributed by atoms with Crippen LogP contribution in [0, 0.1) is 0 Å². The van der Waals surface area contributed by atoms with Crippen LogP contribution in [0.3, 0.4) is 0 Å². The van der Waals surface area contributed by atoms with Crippen molar-refractivity contribution in [3.63, 3.8) is 0 Å². The predicted molar refractivity (Wildman–Crippen MR) is 86.2 cm³/mol. The molecule has 1 amide bonds. The van der Waals surface area contributed by atoms with Gasteiger partial charge >= 0.3 is 0 Å². The molecule has 0 saturated heterocycles. The Morgan fingerprint density at radius 2 is 2.05 bits per heavy atom. The molecule has 3 nitrogen and oxygen atoms in total. The van der Waals surface area contributed by atoms with E-state index in [0.29, 0.717) is 10.3 Å². The first kappa shape index (κ1) is 14.3. The fourth-order valence-electron chi connectivity index (χ4n) is 2.98. The first-order valence-electron chi connectivity index (χ1n) is 7.14. The monoisotopic (exact) mass is 344 g/mol. The minimum atomic E-state index is -0.0296. The van der Waals surface area contributed by atoms with Gasteiger partial charge in [0.1, 0.15) is 10.3 Å². The maximum atomic E-state index is 12.6. The summed E-state index contributed by atoms with van der Waals surface area (Å²) in [6.07, 6.45) is 3.22. The summed E-state index contributed by atoms with van der Waals surface area (Å²) < 4.78 is 0.686. The number of carbonyl (C=O) groups excluding carboxylic acids is 1. The molecule has 1 aliphatic carbocycles. The second kappa shape index (κ2) is 5.98. The maximum absolute atomic E-state index is 12.6. The van der Waals surface area contributed by atoms with Gasteiger partial charge in [0.05, 0.1) is 6.04 Å². The molecule has 1 heterocycles. The molecule has 1 atom stereocenters. The molecule has 1 aliphatic rings. The molecule has 1 aromatic heterocycles. The van der Waals surface area contributed by atoms with Crippen LogP contribution >= 0.6 is 15.9 Å². The summed E-state index contributed by atoms with van der Waals surface area (Å²) in [6, 6.07) is 14.0. The Morgan fingerprint density at radius 1 is 1.24 bits per heavy atom. The fourth-order valence-corrected chi connectivity index (χ4v) is 3.32. The van der Waals surface area contributed by atoms with Gasteiger partial charge in [-0.1, -0.05) is 30.3 Å². The van der Waals surface area contributed by atoms with Gasteiger partial charge in [0.25, 0.3) is 5.91 Å². The number of aromatic nitrogens is 1. The molecule has 21 heavy (non-hydrogen) atoms. The van der Waals surface area contributed by atoms with Crippen LogP contribution in [0.1, 0.15) is 40.5 Å². The van der Waals surface area contributed by atoms with Crippen LogP contribution < -0.4 is 0 Å². The first-order chi connectivity index (χ1) is 10.2. The quantitative estimate of drug-likeness (QED) is 0.771. The first-order valence-corrected chi connectivity index (χ1v) is 7.93. The maximum Gasteiger partial charge on any atom is 0.272 e. The second-order valence-electron chi connectivity index (χ2n) is 5.37. The zero-order chi connectivity index (χ0) is 14.8. The molecule has 0 fully saturated rings. The molecule has 4 heteroatoms. The van der Waals surface area contributed by atoms with Gasteiger partial charge in [0.15, 0.2) is 0 Å². The Bertz CT molecular complexity index is 671. The molecule has 0 N–H and O–H groups in total. The highest BCUT2D eigenvalue weighted by Gasteiger charge is 2.27. The fraction of sp³-hybridized carbons (Fsp3) is 0.294. The number of hydrogen-bond donors (Lipinski definition) is 0. The normalized spacial score (nSPS) is 17.1. The number of amides is 1. The summed E-state index contributed by atoms with van der Waals surface area (Å²) in [7, 11) is 1.87. The predicted octanol–water partition coefficient (Wildman–Crippen LogP) is 3.99. The van der Waals surface area contributed by atoms with Crippen molar-refractivity contribution in [3.05, 3.63) is 63.9 Å². The van der Waals surface area contributed by atoms with Gasteiger partial charge in [-0.3, -0.25) is 4.79 Å². The van der Waals surface area contributed by atoms with Gasteiger partial charge in [0.2, 0.25) is 0 Å². The number of carbonyl (C=O) groups is 1. The van der Waals surface area contributed by atoms with E-state index in [4.69, 9.17) is 0 Å². The molecule has 108 valence electrons. The summed E-state index contributed by atoms with van der Waals surface area (Å²) in [5.74, 6) is -0.0296. The van der Waals surface area contributed by atoms with Crippen molar-refractivity contribution < 1.29 is 4.79 Å². The van der Waals surface area contributed by atoms with Crippen LogP contribution in [0.15, 0.2) is 47.1 Å². The minimum absolute atomic E-state index is 0.0296. The van der Waals surface area contributed by atoms with Crippen molar-refractivity contribution in [1.82, 2.24) is 9.88 Å². The lowest BCUT2D eigenvalue weighted by molar-refractivity contribution is 0.0709. The van der Waals surface area contributed by atoms with Crippen molar-refractivity contribution in [2.24, 2.45) is 0 Å². The summed E-state index contributed by atoms with van der Waals surface area (Å²) in [5, 5.41) is 0. The lowest BCUT2D eigenvalue weighted by Crippen LogP contribution is -2.33. The molecule has 0 bridgehead atoms. The van der Waals surface area contributed by atoms with E-state index in [-0.39, 0.29) is 11.9 Å². The Morgan fingerprint density at radius 3 is 2.86 bits per heavy atom. The van der Waals surface area contributed by atoms with Crippen LogP contribution in [-0.4, -0.2) is 22.8 Å². The van der Waals surface area contributed by atoms with Crippen LogP contribution in [0.4, 0.5) is 0 Å². The SMILES string of the molecule is CN(C(=O)c1cccc(Br)n1)C1CCCc2ccccc21. The van der Waals surface area contributed by atoms with E-state index in [9.17, 15) is 4.79 Å². The van der Waals surface area contributed by atoms with Crippen LogP contribution in [0.5, 0.6) is 0 Å². The van der Waals surface area contributed by atoms with Crippen LogP contribution in [0.25, 0.3) is 0 Å². The van der Waals surface area contributed by atoms with Crippen molar-refractivity contribution >= 4 is 21.8 Å². The number of halogens is 1. The van der Waals surface area contributed by atoms with Crippen LogP contribution in [0.2, 0.25) is 0 Å².